The Bertz CT molecular complexity index is 361. The lowest BCUT2D eigenvalue weighted by Crippen LogP contribution is -2.35. The Morgan fingerprint density at radius 2 is 2.38 bits per heavy atom. The zero-order chi connectivity index (χ0) is 11.8. The van der Waals surface area contributed by atoms with Gasteiger partial charge in [0.2, 0.25) is 0 Å². The third-order valence-electron chi connectivity index (χ3n) is 3.76. The molecule has 0 aliphatic heterocycles. The standard InChI is InChI=1S/C12H21N3O/c1-9(2)15-11(13-8-14-15)7-12(16)6-4-5-10(12)3/h8-10,16H,4-7H2,1-3H3. The van der Waals surface area contributed by atoms with Crippen molar-refractivity contribution in [2.75, 3.05) is 0 Å². The second-order valence-corrected chi connectivity index (χ2v) is 5.29. The van der Waals surface area contributed by atoms with E-state index in [2.05, 4.69) is 30.9 Å². The molecule has 1 fully saturated rings. The van der Waals surface area contributed by atoms with Gasteiger partial charge in [0.25, 0.3) is 0 Å². The van der Waals surface area contributed by atoms with Crippen LogP contribution in [0.15, 0.2) is 6.33 Å². The van der Waals surface area contributed by atoms with E-state index in [0.717, 1.165) is 25.1 Å². The number of aromatic nitrogens is 3. The minimum atomic E-state index is -0.570. The summed E-state index contributed by atoms with van der Waals surface area (Å²) < 4.78 is 1.91. The minimum Gasteiger partial charge on any atom is -0.389 e. The Hall–Kier alpha value is -0.900. The van der Waals surface area contributed by atoms with E-state index in [4.69, 9.17) is 0 Å². The van der Waals surface area contributed by atoms with Gasteiger partial charge in [0, 0.05) is 12.5 Å². The number of aliphatic hydroxyl groups is 1. The van der Waals surface area contributed by atoms with Gasteiger partial charge in [0.1, 0.15) is 12.2 Å². The first-order valence-corrected chi connectivity index (χ1v) is 6.14. The van der Waals surface area contributed by atoms with E-state index in [-0.39, 0.29) is 0 Å². The molecule has 0 saturated heterocycles. The summed E-state index contributed by atoms with van der Waals surface area (Å²) in [5, 5.41) is 14.8. The molecule has 1 aromatic rings. The highest BCUT2D eigenvalue weighted by atomic mass is 16.3. The summed E-state index contributed by atoms with van der Waals surface area (Å²) >= 11 is 0. The molecule has 1 saturated carbocycles. The fourth-order valence-corrected chi connectivity index (χ4v) is 2.60. The van der Waals surface area contributed by atoms with Crippen LogP contribution in [0.1, 0.15) is 51.9 Å². The first-order chi connectivity index (χ1) is 7.53. The maximum Gasteiger partial charge on any atom is 0.138 e. The first kappa shape index (κ1) is 11.6. The van der Waals surface area contributed by atoms with Crippen LogP contribution in [0.3, 0.4) is 0 Å². The molecule has 2 unspecified atom stereocenters. The van der Waals surface area contributed by atoms with Crippen molar-refractivity contribution in [3.8, 4) is 0 Å². The van der Waals surface area contributed by atoms with E-state index >= 15 is 0 Å². The molecule has 16 heavy (non-hydrogen) atoms. The predicted molar refractivity (Wildman–Crippen MR) is 62.1 cm³/mol. The normalized spacial score (nSPS) is 30.2. The van der Waals surface area contributed by atoms with Gasteiger partial charge in [0.05, 0.1) is 5.60 Å². The fraction of sp³-hybridized carbons (Fsp3) is 0.833. The summed E-state index contributed by atoms with van der Waals surface area (Å²) in [5.41, 5.74) is -0.570. The SMILES string of the molecule is CC(C)n1ncnc1CC1(O)CCCC1C. The second kappa shape index (κ2) is 4.17. The van der Waals surface area contributed by atoms with Crippen LogP contribution in [0.4, 0.5) is 0 Å². The molecular weight excluding hydrogens is 202 g/mol. The Labute approximate surface area is 96.7 Å². The molecular formula is C12H21N3O. The fourth-order valence-electron chi connectivity index (χ4n) is 2.60. The molecule has 1 N–H and O–H groups in total. The van der Waals surface area contributed by atoms with Crippen LogP contribution >= 0.6 is 0 Å². The monoisotopic (exact) mass is 223 g/mol. The molecule has 4 nitrogen and oxygen atoms in total. The van der Waals surface area contributed by atoms with Gasteiger partial charge in [-0.2, -0.15) is 5.10 Å². The zero-order valence-corrected chi connectivity index (χ0v) is 10.3. The molecule has 2 rings (SSSR count). The molecule has 0 bridgehead atoms. The van der Waals surface area contributed by atoms with Crippen molar-refractivity contribution >= 4 is 0 Å². The maximum atomic E-state index is 10.6. The third kappa shape index (κ3) is 1.98. The van der Waals surface area contributed by atoms with Crippen molar-refractivity contribution in [3.63, 3.8) is 0 Å². The van der Waals surface area contributed by atoms with Gasteiger partial charge in [0.15, 0.2) is 0 Å². The van der Waals surface area contributed by atoms with Crippen molar-refractivity contribution in [2.24, 2.45) is 5.92 Å². The number of hydrogen-bond acceptors (Lipinski definition) is 3. The van der Waals surface area contributed by atoms with Crippen molar-refractivity contribution in [3.05, 3.63) is 12.2 Å². The quantitative estimate of drug-likeness (QED) is 0.852. The molecule has 0 amide bonds. The molecule has 0 aromatic carbocycles. The average molecular weight is 223 g/mol. The van der Waals surface area contributed by atoms with E-state index < -0.39 is 5.60 Å². The molecule has 1 aromatic heterocycles. The van der Waals surface area contributed by atoms with Gasteiger partial charge in [-0.1, -0.05) is 13.3 Å². The van der Waals surface area contributed by atoms with Crippen molar-refractivity contribution in [1.29, 1.82) is 0 Å². The largest absolute Gasteiger partial charge is 0.389 e. The van der Waals surface area contributed by atoms with Gasteiger partial charge < -0.3 is 5.11 Å². The zero-order valence-electron chi connectivity index (χ0n) is 10.3. The van der Waals surface area contributed by atoms with E-state index in [1.165, 1.54) is 0 Å². The summed E-state index contributed by atoms with van der Waals surface area (Å²) in [6, 6.07) is 0.304. The summed E-state index contributed by atoms with van der Waals surface area (Å²) in [6.07, 6.45) is 5.34. The van der Waals surface area contributed by atoms with Gasteiger partial charge in [-0.15, -0.1) is 0 Å². The molecule has 2 atom stereocenters. The van der Waals surface area contributed by atoms with Crippen LogP contribution in [0.25, 0.3) is 0 Å². The second-order valence-electron chi connectivity index (χ2n) is 5.29. The summed E-state index contributed by atoms with van der Waals surface area (Å²) in [6.45, 7) is 6.30. The number of hydrogen-bond donors (Lipinski definition) is 1. The summed E-state index contributed by atoms with van der Waals surface area (Å²) in [4.78, 5) is 4.27. The molecule has 90 valence electrons. The van der Waals surface area contributed by atoms with E-state index in [1.54, 1.807) is 6.33 Å². The highest BCUT2D eigenvalue weighted by Gasteiger charge is 2.39. The molecule has 4 heteroatoms. The first-order valence-electron chi connectivity index (χ1n) is 6.14. The van der Waals surface area contributed by atoms with Crippen LogP contribution in [0.5, 0.6) is 0 Å². The Kier molecular flexibility index (Phi) is 3.02. The van der Waals surface area contributed by atoms with Crippen molar-refractivity contribution < 1.29 is 5.11 Å². The molecule has 1 heterocycles. The predicted octanol–water partition coefficient (Wildman–Crippen LogP) is 1.95. The van der Waals surface area contributed by atoms with E-state index in [0.29, 0.717) is 18.4 Å². The van der Waals surface area contributed by atoms with Crippen LogP contribution in [-0.2, 0) is 6.42 Å². The molecule has 0 radical (unpaired) electrons. The topological polar surface area (TPSA) is 50.9 Å². The van der Waals surface area contributed by atoms with Crippen LogP contribution < -0.4 is 0 Å². The lowest BCUT2D eigenvalue weighted by molar-refractivity contribution is 0.00664. The van der Waals surface area contributed by atoms with Gasteiger partial charge in [-0.3, -0.25) is 0 Å². The van der Waals surface area contributed by atoms with Crippen molar-refractivity contribution in [1.82, 2.24) is 14.8 Å². The molecule has 0 spiro atoms. The smallest absolute Gasteiger partial charge is 0.138 e. The highest BCUT2D eigenvalue weighted by Crippen LogP contribution is 2.37. The Morgan fingerprint density at radius 1 is 1.62 bits per heavy atom. The lowest BCUT2D eigenvalue weighted by atomic mass is 9.89. The van der Waals surface area contributed by atoms with Gasteiger partial charge >= 0.3 is 0 Å². The maximum absolute atomic E-state index is 10.6. The van der Waals surface area contributed by atoms with E-state index in [1.807, 2.05) is 4.68 Å². The highest BCUT2D eigenvalue weighted by molar-refractivity contribution is 5.00. The Balaban J connectivity index is 2.17. The van der Waals surface area contributed by atoms with Crippen LogP contribution in [0.2, 0.25) is 0 Å². The van der Waals surface area contributed by atoms with Crippen molar-refractivity contribution in [2.45, 2.75) is 58.1 Å². The lowest BCUT2D eigenvalue weighted by Gasteiger charge is -2.27. The minimum absolute atomic E-state index is 0.304. The number of rotatable bonds is 3. The van der Waals surface area contributed by atoms with Crippen LogP contribution in [0, 0.1) is 5.92 Å². The third-order valence-corrected chi connectivity index (χ3v) is 3.76. The van der Waals surface area contributed by atoms with Gasteiger partial charge in [-0.05, 0) is 32.6 Å². The molecule has 1 aliphatic rings. The van der Waals surface area contributed by atoms with E-state index in [9.17, 15) is 5.11 Å². The average Bonchev–Trinajstić information content (AvgIpc) is 2.76. The van der Waals surface area contributed by atoms with Crippen LogP contribution in [-0.4, -0.2) is 25.5 Å². The Morgan fingerprint density at radius 3 is 2.94 bits per heavy atom. The summed E-state index contributed by atoms with van der Waals surface area (Å²) in [5.74, 6) is 1.27. The summed E-state index contributed by atoms with van der Waals surface area (Å²) in [7, 11) is 0. The number of nitrogens with zero attached hydrogens (tertiary/aromatic N) is 3. The van der Waals surface area contributed by atoms with Gasteiger partial charge in [-0.25, -0.2) is 9.67 Å². The molecule has 1 aliphatic carbocycles.